The summed E-state index contributed by atoms with van der Waals surface area (Å²) < 4.78 is 28.1. The highest BCUT2D eigenvalue weighted by atomic mass is 35.5. The van der Waals surface area contributed by atoms with Crippen LogP contribution in [0.4, 0.5) is 0 Å². The number of nitrogens with zero attached hydrogens (tertiary/aromatic N) is 3. The molecule has 1 aliphatic heterocycles. The van der Waals surface area contributed by atoms with Gasteiger partial charge in [-0.3, -0.25) is 9.48 Å². The third-order valence-electron chi connectivity index (χ3n) is 3.37. The zero-order valence-corrected chi connectivity index (χ0v) is 14.4. The Bertz CT molecular complexity index is 618. The van der Waals surface area contributed by atoms with E-state index >= 15 is 0 Å². The topological polar surface area (TPSA) is 96.3 Å². The molecule has 2 atom stereocenters. The second kappa shape index (κ2) is 7.40. The first kappa shape index (κ1) is 18.9. The Morgan fingerprint density at radius 3 is 2.77 bits per heavy atom. The van der Waals surface area contributed by atoms with Gasteiger partial charge in [-0.2, -0.15) is 9.82 Å². The first-order valence-corrected chi connectivity index (χ1v) is 8.31. The molecular weight excluding hydrogens is 330 g/mol. The van der Waals surface area contributed by atoms with E-state index in [0.717, 1.165) is 6.54 Å². The maximum atomic E-state index is 12.3. The number of hydrogen-bond donors (Lipinski definition) is 2. The molecule has 2 rings (SSSR count). The van der Waals surface area contributed by atoms with Crippen LogP contribution in [0.15, 0.2) is 17.3 Å². The van der Waals surface area contributed by atoms with Crippen molar-refractivity contribution in [3.8, 4) is 0 Å². The molecule has 1 aliphatic rings. The Morgan fingerprint density at radius 1 is 1.55 bits per heavy atom. The molecule has 8 nitrogen and oxygen atoms in total. The maximum Gasteiger partial charge on any atom is 0.244 e. The monoisotopic (exact) mass is 351 g/mol. The lowest BCUT2D eigenvalue weighted by molar-refractivity contribution is -0.133. The van der Waals surface area contributed by atoms with E-state index in [9.17, 15) is 13.2 Å². The highest BCUT2D eigenvalue weighted by molar-refractivity contribution is 7.89. The minimum atomic E-state index is -3.73. The first-order chi connectivity index (χ1) is 9.79. The number of piperazine rings is 1. The highest BCUT2D eigenvalue weighted by Gasteiger charge is 2.28. The summed E-state index contributed by atoms with van der Waals surface area (Å²) in [5.41, 5.74) is 0. The quantitative estimate of drug-likeness (QED) is 0.750. The summed E-state index contributed by atoms with van der Waals surface area (Å²) >= 11 is 0. The lowest BCUT2D eigenvalue weighted by Crippen LogP contribution is -2.55. The Labute approximate surface area is 136 Å². The second-order valence-electron chi connectivity index (χ2n) is 5.33. The van der Waals surface area contributed by atoms with E-state index in [1.165, 1.54) is 17.1 Å². The van der Waals surface area contributed by atoms with Gasteiger partial charge in [0.1, 0.15) is 4.90 Å². The third-order valence-corrected chi connectivity index (χ3v) is 4.87. The van der Waals surface area contributed by atoms with Gasteiger partial charge in [-0.1, -0.05) is 0 Å². The molecule has 0 saturated carbocycles. The number of carbonyl (C=O) groups is 1. The smallest absolute Gasteiger partial charge is 0.244 e. The van der Waals surface area contributed by atoms with Crippen LogP contribution in [0.1, 0.15) is 13.8 Å². The molecule has 0 bridgehead atoms. The number of sulfonamides is 1. The summed E-state index contributed by atoms with van der Waals surface area (Å²) in [6, 6.07) is -0.592. The van der Waals surface area contributed by atoms with Crippen LogP contribution < -0.4 is 10.0 Å². The molecule has 10 heteroatoms. The van der Waals surface area contributed by atoms with Gasteiger partial charge in [0.25, 0.3) is 0 Å². The van der Waals surface area contributed by atoms with E-state index in [-0.39, 0.29) is 29.3 Å². The van der Waals surface area contributed by atoms with Crippen molar-refractivity contribution >= 4 is 28.3 Å². The van der Waals surface area contributed by atoms with Gasteiger partial charge in [0, 0.05) is 38.9 Å². The molecule has 1 amide bonds. The van der Waals surface area contributed by atoms with E-state index in [2.05, 4.69) is 15.1 Å². The van der Waals surface area contributed by atoms with Gasteiger partial charge >= 0.3 is 0 Å². The number of carbonyl (C=O) groups excluding carboxylic acids is 1. The van der Waals surface area contributed by atoms with Gasteiger partial charge in [0.15, 0.2) is 0 Å². The largest absolute Gasteiger partial charge is 0.338 e. The average Bonchev–Trinajstić information content (AvgIpc) is 2.85. The molecule has 2 heterocycles. The average molecular weight is 352 g/mol. The summed E-state index contributed by atoms with van der Waals surface area (Å²) in [5, 5.41) is 7.07. The second-order valence-corrected chi connectivity index (χ2v) is 7.05. The van der Waals surface area contributed by atoms with Crippen molar-refractivity contribution in [3.63, 3.8) is 0 Å². The standard InChI is InChI=1S/C12H21N5O3S.ClH/c1-9-7-17(5-4-13-9)12(18)10(2)15-21(19,20)11-6-14-16(3)8-11;/h6,8-10,13,15H,4-5,7H2,1-3H3;1H. The number of halogens is 1. The van der Waals surface area contributed by atoms with E-state index in [1.54, 1.807) is 18.9 Å². The zero-order valence-electron chi connectivity index (χ0n) is 12.8. The van der Waals surface area contributed by atoms with E-state index in [0.29, 0.717) is 13.1 Å². The van der Waals surface area contributed by atoms with Gasteiger partial charge in [0.2, 0.25) is 15.9 Å². The molecule has 0 radical (unpaired) electrons. The van der Waals surface area contributed by atoms with Crippen molar-refractivity contribution in [3.05, 3.63) is 12.4 Å². The van der Waals surface area contributed by atoms with E-state index < -0.39 is 16.1 Å². The Balaban J connectivity index is 0.00000242. The van der Waals surface area contributed by atoms with Gasteiger partial charge in [-0.15, -0.1) is 12.4 Å². The normalized spacial score (nSPS) is 20.3. The van der Waals surface area contributed by atoms with Crippen LogP contribution in [0.2, 0.25) is 0 Å². The fraction of sp³-hybridized carbons (Fsp3) is 0.667. The molecule has 0 spiro atoms. The van der Waals surface area contributed by atoms with Crippen molar-refractivity contribution in [2.24, 2.45) is 7.05 Å². The summed E-state index contributed by atoms with van der Waals surface area (Å²) in [7, 11) is -2.10. The lowest BCUT2D eigenvalue weighted by Gasteiger charge is -2.33. The van der Waals surface area contributed by atoms with Crippen molar-refractivity contribution in [1.29, 1.82) is 0 Å². The molecule has 1 fully saturated rings. The number of rotatable bonds is 4. The molecule has 1 aromatic rings. The molecule has 2 N–H and O–H groups in total. The van der Waals surface area contributed by atoms with Gasteiger partial charge < -0.3 is 10.2 Å². The summed E-state index contributed by atoms with van der Waals surface area (Å²) in [4.78, 5) is 14.0. The molecule has 1 saturated heterocycles. The van der Waals surface area contributed by atoms with Crippen molar-refractivity contribution < 1.29 is 13.2 Å². The zero-order chi connectivity index (χ0) is 15.6. The number of hydrogen-bond acceptors (Lipinski definition) is 5. The summed E-state index contributed by atoms with van der Waals surface area (Å²) in [6.45, 7) is 5.43. The Morgan fingerprint density at radius 2 is 2.23 bits per heavy atom. The molecule has 1 aromatic heterocycles. The van der Waals surface area contributed by atoms with E-state index in [1.807, 2.05) is 6.92 Å². The van der Waals surface area contributed by atoms with Crippen molar-refractivity contribution in [2.75, 3.05) is 19.6 Å². The van der Waals surface area contributed by atoms with Gasteiger partial charge in [0.05, 0.1) is 12.2 Å². The van der Waals surface area contributed by atoms with Crippen LogP contribution in [-0.4, -0.2) is 60.7 Å². The third kappa shape index (κ3) is 4.42. The van der Waals surface area contributed by atoms with Gasteiger partial charge in [-0.05, 0) is 13.8 Å². The van der Waals surface area contributed by atoms with Crippen LogP contribution in [0.5, 0.6) is 0 Å². The number of nitrogens with one attached hydrogen (secondary N) is 2. The van der Waals surface area contributed by atoms with Crippen LogP contribution in [-0.2, 0) is 21.9 Å². The van der Waals surface area contributed by atoms with Crippen LogP contribution in [0.25, 0.3) is 0 Å². The minimum absolute atomic E-state index is 0. The molecular formula is C12H22ClN5O3S. The first-order valence-electron chi connectivity index (χ1n) is 6.83. The molecule has 126 valence electrons. The van der Waals surface area contributed by atoms with Crippen LogP contribution >= 0.6 is 12.4 Å². The predicted molar refractivity (Wildman–Crippen MR) is 84.3 cm³/mol. The molecule has 0 aromatic carbocycles. The molecule has 2 unspecified atom stereocenters. The number of amides is 1. The SMILES string of the molecule is CC1CN(C(=O)C(C)NS(=O)(=O)c2cnn(C)c2)CCN1.Cl. The van der Waals surface area contributed by atoms with Crippen molar-refractivity contribution in [2.45, 2.75) is 30.8 Å². The predicted octanol–water partition coefficient (Wildman–Crippen LogP) is -0.671. The summed E-state index contributed by atoms with van der Waals surface area (Å²) in [5.74, 6) is -0.212. The fourth-order valence-corrected chi connectivity index (χ4v) is 3.47. The minimum Gasteiger partial charge on any atom is -0.338 e. The fourth-order valence-electron chi connectivity index (χ4n) is 2.30. The van der Waals surface area contributed by atoms with E-state index in [4.69, 9.17) is 0 Å². The van der Waals surface area contributed by atoms with Crippen LogP contribution in [0.3, 0.4) is 0 Å². The molecule has 22 heavy (non-hydrogen) atoms. The van der Waals surface area contributed by atoms with Crippen molar-refractivity contribution in [1.82, 2.24) is 24.7 Å². The maximum absolute atomic E-state index is 12.3. The number of aromatic nitrogens is 2. The Kier molecular flexibility index (Phi) is 6.36. The number of aryl methyl sites for hydroxylation is 1. The summed E-state index contributed by atoms with van der Waals surface area (Å²) in [6.07, 6.45) is 2.65. The lowest BCUT2D eigenvalue weighted by atomic mass is 10.2. The molecule has 0 aliphatic carbocycles. The van der Waals surface area contributed by atoms with Gasteiger partial charge in [-0.25, -0.2) is 8.42 Å². The highest BCUT2D eigenvalue weighted by Crippen LogP contribution is 2.09. The van der Waals surface area contributed by atoms with Crippen LogP contribution in [0, 0.1) is 0 Å². The Hall–Kier alpha value is -1.16.